The molecular formula is C14H19ClF2N2O2. The fraction of sp³-hybridized carbons (Fsp3) is 0.500. The lowest BCUT2D eigenvalue weighted by atomic mass is 9.93. The van der Waals surface area contributed by atoms with Gasteiger partial charge in [0.2, 0.25) is 0 Å². The van der Waals surface area contributed by atoms with Crippen molar-refractivity contribution in [2.24, 2.45) is 5.73 Å². The SMILES string of the molecule is CC(C)(C)OC(=O)Nc1cc(C(C)(N)C(F)F)ccc1Cl. The Hall–Kier alpha value is -1.40. The number of nitrogens with one attached hydrogen (secondary N) is 1. The van der Waals surface area contributed by atoms with Crippen LogP contribution in [-0.2, 0) is 10.3 Å². The third-order valence-corrected chi connectivity index (χ3v) is 3.01. The number of anilines is 1. The summed E-state index contributed by atoms with van der Waals surface area (Å²) in [6.07, 6.45) is -3.48. The molecule has 0 aliphatic heterocycles. The molecule has 0 fully saturated rings. The van der Waals surface area contributed by atoms with Crippen LogP contribution in [-0.4, -0.2) is 18.1 Å². The van der Waals surface area contributed by atoms with Gasteiger partial charge in [-0.2, -0.15) is 0 Å². The van der Waals surface area contributed by atoms with Gasteiger partial charge in [0.15, 0.2) is 0 Å². The van der Waals surface area contributed by atoms with Crippen LogP contribution in [0.4, 0.5) is 19.3 Å². The number of rotatable bonds is 3. The van der Waals surface area contributed by atoms with Crippen molar-refractivity contribution in [1.82, 2.24) is 0 Å². The molecule has 0 aliphatic carbocycles. The van der Waals surface area contributed by atoms with Crippen LogP contribution in [0, 0.1) is 0 Å². The van der Waals surface area contributed by atoms with Gasteiger partial charge >= 0.3 is 6.09 Å². The van der Waals surface area contributed by atoms with E-state index in [2.05, 4.69) is 5.32 Å². The highest BCUT2D eigenvalue weighted by Crippen LogP contribution is 2.31. The Morgan fingerprint density at radius 1 is 1.33 bits per heavy atom. The molecule has 4 nitrogen and oxygen atoms in total. The topological polar surface area (TPSA) is 64.3 Å². The Bertz CT molecular complexity index is 528. The minimum Gasteiger partial charge on any atom is -0.444 e. The van der Waals surface area contributed by atoms with Gasteiger partial charge in [-0.1, -0.05) is 17.7 Å². The second-order valence-electron chi connectivity index (χ2n) is 5.90. The minimum atomic E-state index is -2.76. The molecule has 1 unspecified atom stereocenters. The average molecular weight is 321 g/mol. The van der Waals surface area contributed by atoms with Gasteiger partial charge in [0.25, 0.3) is 6.43 Å². The van der Waals surface area contributed by atoms with E-state index < -0.39 is 23.7 Å². The third-order valence-electron chi connectivity index (χ3n) is 2.68. The number of carbonyl (C=O) groups excluding carboxylic acids is 1. The Labute approximate surface area is 127 Å². The zero-order chi connectivity index (χ0) is 16.4. The summed E-state index contributed by atoms with van der Waals surface area (Å²) in [7, 11) is 0. The number of ether oxygens (including phenoxy) is 1. The van der Waals surface area contributed by atoms with Crippen LogP contribution in [0.15, 0.2) is 18.2 Å². The number of benzene rings is 1. The van der Waals surface area contributed by atoms with Crippen LogP contribution in [0.2, 0.25) is 5.02 Å². The van der Waals surface area contributed by atoms with E-state index in [4.69, 9.17) is 22.1 Å². The molecular weight excluding hydrogens is 302 g/mol. The molecule has 1 aromatic rings. The smallest absolute Gasteiger partial charge is 0.412 e. The fourth-order valence-corrected chi connectivity index (χ4v) is 1.66. The summed E-state index contributed by atoms with van der Waals surface area (Å²) in [5.41, 5.74) is 3.40. The summed E-state index contributed by atoms with van der Waals surface area (Å²) < 4.78 is 31.0. The molecule has 1 rings (SSSR count). The molecule has 0 radical (unpaired) electrons. The van der Waals surface area contributed by atoms with Crippen molar-refractivity contribution >= 4 is 23.4 Å². The van der Waals surface area contributed by atoms with E-state index in [9.17, 15) is 13.6 Å². The van der Waals surface area contributed by atoms with Crippen LogP contribution in [0.1, 0.15) is 33.3 Å². The largest absolute Gasteiger partial charge is 0.444 e. The monoisotopic (exact) mass is 320 g/mol. The van der Waals surface area contributed by atoms with Crippen LogP contribution in [0.3, 0.4) is 0 Å². The molecule has 0 bridgehead atoms. The van der Waals surface area contributed by atoms with E-state index in [1.54, 1.807) is 20.8 Å². The molecule has 0 heterocycles. The van der Waals surface area contributed by atoms with E-state index in [1.165, 1.54) is 25.1 Å². The van der Waals surface area contributed by atoms with Crippen molar-refractivity contribution in [3.05, 3.63) is 28.8 Å². The van der Waals surface area contributed by atoms with Crippen LogP contribution in [0.5, 0.6) is 0 Å². The van der Waals surface area contributed by atoms with Gasteiger partial charge in [0.1, 0.15) is 5.60 Å². The maximum Gasteiger partial charge on any atom is 0.412 e. The predicted octanol–water partition coefficient (Wildman–Crippen LogP) is 4.13. The number of nitrogens with two attached hydrogens (primary N) is 1. The molecule has 1 atom stereocenters. The van der Waals surface area contributed by atoms with Gasteiger partial charge in [0, 0.05) is 0 Å². The first kappa shape index (κ1) is 17.7. The average Bonchev–Trinajstić information content (AvgIpc) is 2.29. The van der Waals surface area contributed by atoms with Crippen molar-refractivity contribution in [3.8, 4) is 0 Å². The summed E-state index contributed by atoms with van der Waals surface area (Å²) in [5.74, 6) is 0. The first-order chi connectivity index (χ1) is 9.43. The quantitative estimate of drug-likeness (QED) is 0.880. The minimum absolute atomic E-state index is 0.160. The van der Waals surface area contributed by atoms with Crippen LogP contribution < -0.4 is 11.1 Å². The van der Waals surface area contributed by atoms with Crippen molar-refractivity contribution in [2.75, 3.05) is 5.32 Å². The normalized spacial score (nSPS) is 14.7. The number of halogens is 3. The van der Waals surface area contributed by atoms with Crippen LogP contribution in [0.25, 0.3) is 0 Å². The second-order valence-corrected chi connectivity index (χ2v) is 6.31. The van der Waals surface area contributed by atoms with Gasteiger partial charge in [0.05, 0.1) is 16.2 Å². The van der Waals surface area contributed by atoms with Gasteiger partial charge in [-0.25, -0.2) is 13.6 Å². The lowest BCUT2D eigenvalue weighted by Gasteiger charge is -2.25. The van der Waals surface area contributed by atoms with Gasteiger partial charge in [-0.05, 0) is 45.4 Å². The summed E-state index contributed by atoms with van der Waals surface area (Å²) in [6, 6.07) is 4.12. The maximum absolute atomic E-state index is 12.9. The van der Waals surface area contributed by atoms with Crippen molar-refractivity contribution in [2.45, 2.75) is 45.3 Å². The van der Waals surface area contributed by atoms with E-state index in [0.29, 0.717) is 0 Å². The number of alkyl halides is 2. The van der Waals surface area contributed by atoms with Gasteiger partial charge < -0.3 is 10.5 Å². The lowest BCUT2D eigenvalue weighted by molar-refractivity contribution is 0.0625. The van der Waals surface area contributed by atoms with Crippen molar-refractivity contribution < 1.29 is 18.3 Å². The molecule has 0 spiro atoms. The van der Waals surface area contributed by atoms with Crippen LogP contribution >= 0.6 is 11.6 Å². The molecule has 0 aromatic heterocycles. The highest BCUT2D eigenvalue weighted by Gasteiger charge is 2.33. The maximum atomic E-state index is 12.9. The molecule has 1 aromatic carbocycles. The molecule has 3 N–H and O–H groups in total. The summed E-state index contributed by atoms with van der Waals surface area (Å²) >= 11 is 5.94. The van der Waals surface area contributed by atoms with E-state index >= 15 is 0 Å². The first-order valence-corrected chi connectivity index (χ1v) is 6.68. The number of carbonyl (C=O) groups is 1. The van der Waals surface area contributed by atoms with E-state index in [1.807, 2.05) is 0 Å². The highest BCUT2D eigenvalue weighted by molar-refractivity contribution is 6.33. The van der Waals surface area contributed by atoms with Gasteiger partial charge in [-0.15, -0.1) is 0 Å². The predicted molar refractivity (Wildman–Crippen MR) is 78.9 cm³/mol. The number of hydrogen-bond acceptors (Lipinski definition) is 3. The van der Waals surface area contributed by atoms with Gasteiger partial charge in [-0.3, -0.25) is 5.32 Å². The van der Waals surface area contributed by atoms with Crippen molar-refractivity contribution in [3.63, 3.8) is 0 Å². The number of hydrogen-bond donors (Lipinski definition) is 2. The molecule has 118 valence electrons. The lowest BCUT2D eigenvalue weighted by Crippen LogP contribution is -2.40. The summed E-state index contributed by atoms with van der Waals surface area (Å²) in [5, 5.41) is 2.63. The number of amides is 1. The second kappa shape index (κ2) is 6.15. The molecule has 0 aliphatic rings. The molecule has 21 heavy (non-hydrogen) atoms. The Morgan fingerprint density at radius 2 is 1.90 bits per heavy atom. The summed E-state index contributed by atoms with van der Waals surface area (Å²) in [4.78, 5) is 11.7. The van der Waals surface area contributed by atoms with E-state index in [-0.39, 0.29) is 16.3 Å². The highest BCUT2D eigenvalue weighted by atomic mass is 35.5. The molecule has 7 heteroatoms. The Kier molecular flexibility index (Phi) is 5.17. The third kappa shape index (κ3) is 4.82. The zero-order valence-electron chi connectivity index (χ0n) is 12.3. The summed E-state index contributed by atoms with van der Waals surface area (Å²) in [6.45, 7) is 6.33. The fourth-order valence-electron chi connectivity index (χ4n) is 1.50. The molecule has 0 saturated heterocycles. The van der Waals surface area contributed by atoms with Crippen molar-refractivity contribution in [1.29, 1.82) is 0 Å². The van der Waals surface area contributed by atoms with E-state index in [0.717, 1.165) is 0 Å². The molecule has 0 saturated carbocycles. The zero-order valence-corrected chi connectivity index (χ0v) is 13.1. The molecule has 1 amide bonds. The Morgan fingerprint density at radius 3 is 2.38 bits per heavy atom. The first-order valence-electron chi connectivity index (χ1n) is 6.30. The standard InChI is InChI=1S/C14H19ClF2N2O2/c1-13(2,3)21-12(20)19-10-7-8(5-6-9(10)15)14(4,18)11(16)17/h5-7,11H,18H2,1-4H3,(H,19,20). The Balaban J connectivity index is 3.01.